The van der Waals surface area contributed by atoms with Crippen LogP contribution in [0.4, 0.5) is 0 Å². The number of rotatable bonds is 7. The Hall–Kier alpha value is -2.21. The van der Waals surface area contributed by atoms with Crippen molar-refractivity contribution >= 4 is 29.9 Å². The lowest BCUT2D eigenvalue weighted by molar-refractivity contribution is -0.00800. The molecule has 0 amide bonds. The molecule has 1 N–H and O–H groups in total. The fourth-order valence-corrected chi connectivity index (χ4v) is 3.61. The van der Waals surface area contributed by atoms with Crippen molar-refractivity contribution in [3.05, 3.63) is 35.7 Å². The van der Waals surface area contributed by atoms with Gasteiger partial charge >= 0.3 is 0 Å². The zero-order chi connectivity index (χ0) is 21.5. The summed E-state index contributed by atoms with van der Waals surface area (Å²) in [4.78, 5) is 6.67. The number of nitrogens with zero attached hydrogens (tertiary/aromatic N) is 4. The zero-order valence-electron chi connectivity index (χ0n) is 18.8. The summed E-state index contributed by atoms with van der Waals surface area (Å²) in [6, 6.07) is 3.74. The van der Waals surface area contributed by atoms with Gasteiger partial charge in [-0.25, -0.2) is 0 Å². The maximum atomic E-state index is 5.94. The second kappa shape index (κ2) is 12.0. The van der Waals surface area contributed by atoms with E-state index in [1.807, 2.05) is 31.6 Å². The third-order valence-corrected chi connectivity index (χ3v) is 5.15. The molecule has 10 heteroatoms. The fourth-order valence-electron chi connectivity index (χ4n) is 3.61. The number of hydrogen-bond acceptors (Lipinski definition) is 6. The first-order valence-electron chi connectivity index (χ1n) is 9.94. The highest BCUT2D eigenvalue weighted by molar-refractivity contribution is 14.0. The summed E-state index contributed by atoms with van der Waals surface area (Å²) >= 11 is 0. The Morgan fingerprint density at radius 1 is 1.23 bits per heavy atom. The molecule has 0 bridgehead atoms. The van der Waals surface area contributed by atoms with Gasteiger partial charge in [0, 0.05) is 56.6 Å². The molecule has 2 aromatic rings. The van der Waals surface area contributed by atoms with Gasteiger partial charge in [0.05, 0.1) is 40.7 Å². The molecule has 172 valence electrons. The molecule has 1 aromatic heterocycles. The Morgan fingerprint density at radius 3 is 2.48 bits per heavy atom. The van der Waals surface area contributed by atoms with Gasteiger partial charge < -0.3 is 29.2 Å². The molecular weight excluding hydrogens is 513 g/mol. The molecule has 1 fully saturated rings. The number of nitrogens with one attached hydrogen (secondary N) is 1. The molecule has 1 aliphatic rings. The standard InChI is InChI=1S/C21H31N5O4.HI/c1-22-21(26-8-9-30-20(14-26)15-12-24-25(2)13-15)23-7-6-17-18(28-4)10-16(27-3)11-19(17)29-5;/h10-13,20H,6-9,14H2,1-5H3,(H,22,23);1H. The number of benzene rings is 1. The lowest BCUT2D eigenvalue weighted by Crippen LogP contribution is -2.48. The molecule has 0 aliphatic carbocycles. The number of aromatic nitrogens is 2. The number of guanidine groups is 1. The van der Waals surface area contributed by atoms with Crippen LogP contribution in [0.2, 0.25) is 0 Å². The maximum absolute atomic E-state index is 5.94. The minimum Gasteiger partial charge on any atom is -0.496 e. The molecule has 0 saturated carbocycles. The van der Waals surface area contributed by atoms with Gasteiger partial charge in [-0.1, -0.05) is 0 Å². The molecule has 1 atom stereocenters. The van der Waals surface area contributed by atoms with Gasteiger partial charge in [-0.05, 0) is 6.42 Å². The van der Waals surface area contributed by atoms with Crippen LogP contribution in [0.25, 0.3) is 0 Å². The number of ether oxygens (including phenoxy) is 4. The predicted octanol–water partition coefficient (Wildman–Crippen LogP) is 2.26. The van der Waals surface area contributed by atoms with Crippen LogP contribution in [-0.4, -0.2) is 75.3 Å². The lowest BCUT2D eigenvalue weighted by Gasteiger charge is -2.34. The second-order valence-electron chi connectivity index (χ2n) is 6.99. The van der Waals surface area contributed by atoms with E-state index in [2.05, 4.69) is 20.3 Å². The quantitative estimate of drug-likeness (QED) is 0.325. The largest absolute Gasteiger partial charge is 0.496 e. The average Bonchev–Trinajstić information content (AvgIpc) is 3.22. The van der Waals surface area contributed by atoms with Crippen molar-refractivity contribution in [2.24, 2.45) is 12.0 Å². The summed E-state index contributed by atoms with van der Waals surface area (Å²) in [5.74, 6) is 3.03. The highest BCUT2D eigenvalue weighted by atomic mass is 127. The molecular formula is C21H32IN5O4. The molecule has 1 aliphatic heterocycles. The summed E-state index contributed by atoms with van der Waals surface area (Å²) < 4.78 is 24.1. The van der Waals surface area contributed by atoms with Crippen molar-refractivity contribution in [2.75, 3.05) is 54.6 Å². The van der Waals surface area contributed by atoms with Crippen LogP contribution in [0.1, 0.15) is 17.2 Å². The van der Waals surface area contributed by atoms with E-state index in [0.29, 0.717) is 25.3 Å². The minimum atomic E-state index is -0.0206. The van der Waals surface area contributed by atoms with Crippen molar-refractivity contribution in [1.29, 1.82) is 0 Å². The zero-order valence-corrected chi connectivity index (χ0v) is 21.1. The normalized spacial score (nSPS) is 16.5. The molecule has 1 aromatic carbocycles. The van der Waals surface area contributed by atoms with E-state index in [0.717, 1.165) is 41.7 Å². The molecule has 1 saturated heterocycles. The predicted molar refractivity (Wildman–Crippen MR) is 130 cm³/mol. The summed E-state index contributed by atoms with van der Waals surface area (Å²) in [5, 5.41) is 7.70. The van der Waals surface area contributed by atoms with E-state index in [1.165, 1.54) is 0 Å². The smallest absolute Gasteiger partial charge is 0.193 e. The summed E-state index contributed by atoms with van der Waals surface area (Å²) in [7, 11) is 8.63. The van der Waals surface area contributed by atoms with E-state index in [4.69, 9.17) is 18.9 Å². The molecule has 0 spiro atoms. The SMILES string of the molecule is CN=C(NCCc1c(OC)cc(OC)cc1OC)N1CCOC(c2cnn(C)c2)C1.I. The highest BCUT2D eigenvalue weighted by Gasteiger charge is 2.25. The Labute approximate surface area is 200 Å². The molecule has 9 nitrogen and oxygen atoms in total. The van der Waals surface area contributed by atoms with Crippen LogP contribution < -0.4 is 19.5 Å². The van der Waals surface area contributed by atoms with Gasteiger partial charge in [-0.2, -0.15) is 5.10 Å². The first-order valence-corrected chi connectivity index (χ1v) is 9.94. The topological polar surface area (TPSA) is 82.4 Å². The van der Waals surface area contributed by atoms with Crippen LogP contribution in [0.3, 0.4) is 0 Å². The summed E-state index contributed by atoms with van der Waals surface area (Å²) in [6.45, 7) is 2.83. The molecule has 3 rings (SSSR count). The number of aryl methyl sites for hydroxylation is 1. The van der Waals surface area contributed by atoms with Crippen LogP contribution in [0, 0.1) is 0 Å². The number of halogens is 1. The van der Waals surface area contributed by atoms with Gasteiger partial charge in [0.2, 0.25) is 0 Å². The summed E-state index contributed by atoms with van der Waals surface area (Å²) in [5.41, 5.74) is 2.06. The second-order valence-corrected chi connectivity index (χ2v) is 6.99. The first-order chi connectivity index (χ1) is 14.6. The van der Waals surface area contributed by atoms with E-state index < -0.39 is 0 Å². The van der Waals surface area contributed by atoms with Crippen molar-refractivity contribution in [1.82, 2.24) is 20.0 Å². The number of hydrogen-bond donors (Lipinski definition) is 1. The van der Waals surface area contributed by atoms with Crippen molar-refractivity contribution in [3.63, 3.8) is 0 Å². The molecule has 1 unspecified atom stereocenters. The van der Waals surface area contributed by atoms with Gasteiger partial charge in [0.1, 0.15) is 23.4 Å². The van der Waals surface area contributed by atoms with E-state index >= 15 is 0 Å². The molecule has 31 heavy (non-hydrogen) atoms. The first kappa shape index (κ1) is 25.1. The Balaban J connectivity index is 0.00000341. The van der Waals surface area contributed by atoms with E-state index in [-0.39, 0.29) is 30.1 Å². The highest BCUT2D eigenvalue weighted by Crippen LogP contribution is 2.34. The van der Waals surface area contributed by atoms with Gasteiger partial charge in [-0.15, -0.1) is 24.0 Å². The molecule has 0 radical (unpaired) electrons. The summed E-state index contributed by atoms with van der Waals surface area (Å²) in [6.07, 6.45) is 4.54. The molecule has 2 heterocycles. The van der Waals surface area contributed by atoms with Crippen LogP contribution in [-0.2, 0) is 18.2 Å². The third kappa shape index (κ3) is 6.16. The number of methoxy groups -OCH3 is 3. The monoisotopic (exact) mass is 545 g/mol. The fraction of sp³-hybridized carbons (Fsp3) is 0.524. The van der Waals surface area contributed by atoms with Crippen LogP contribution >= 0.6 is 24.0 Å². The number of aliphatic imine (C=N–C) groups is 1. The van der Waals surface area contributed by atoms with Crippen LogP contribution in [0.15, 0.2) is 29.5 Å². The third-order valence-electron chi connectivity index (χ3n) is 5.15. The lowest BCUT2D eigenvalue weighted by atomic mass is 10.1. The maximum Gasteiger partial charge on any atom is 0.193 e. The van der Waals surface area contributed by atoms with Crippen molar-refractivity contribution < 1.29 is 18.9 Å². The van der Waals surface area contributed by atoms with Gasteiger partial charge in [0.15, 0.2) is 5.96 Å². The van der Waals surface area contributed by atoms with E-state index in [1.54, 1.807) is 33.1 Å². The van der Waals surface area contributed by atoms with Crippen molar-refractivity contribution in [3.8, 4) is 17.2 Å². The van der Waals surface area contributed by atoms with Crippen LogP contribution in [0.5, 0.6) is 17.2 Å². The Kier molecular flexibility index (Phi) is 9.69. The Morgan fingerprint density at radius 2 is 1.94 bits per heavy atom. The van der Waals surface area contributed by atoms with E-state index in [9.17, 15) is 0 Å². The van der Waals surface area contributed by atoms with Crippen molar-refractivity contribution in [2.45, 2.75) is 12.5 Å². The minimum absolute atomic E-state index is 0. The van der Waals surface area contributed by atoms with Gasteiger partial charge in [0.25, 0.3) is 0 Å². The van der Waals surface area contributed by atoms with Gasteiger partial charge in [-0.3, -0.25) is 9.67 Å². The average molecular weight is 545 g/mol. The number of morpholine rings is 1. The Bertz CT molecular complexity index is 848.